The molecule has 1 aliphatic heterocycles. The molecule has 4 rings (SSSR count). The fourth-order valence-corrected chi connectivity index (χ4v) is 3.44. The van der Waals surface area contributed by atoms with Gasteiger partial charge in [0.15, 0.2) is 22.5 Å². The number of ether oxygens (including phenoxy) is 1. The maximum atomic E-state index is 12.4. The van der Waals surface area contributed by atoms with Gasteiger partial charge in [-0.25, -0.2) is 0 Å². The lowest BCUT2D eigenvalue weighted by Crippen LogP contribution is -2.25. The molecule has 0 spiro atoms. The zero-order valence-corrected chi connectivity index (χ0v) is 15.4. The lowest BCUT2D eigenvalue weighted by molar-refractivity contribution is -0.116. The second-order valence-corrected chi connectivity index (χ2v) is 6.60. The molecule has 0 radical (unpaired) electrons. The Labute approximate surface area is 159 Å². The Hall–Kier alpha value is -3.13. The Kier molecular flexibility index (Phi) is 4.19. The van der Waals surface area contributed by atoms with Gasteiger partial charge in [0.2, 0.25) is 5.91 Å². The van der Waals surface area contributed by atoms with E-state index in [0.29, 0.717) is 17.4 Å². The van der Waals surface area contributed by atoms with Crippen LogP contribution in [0, 0.1) is 6.92 Å². The number of carbonyl (C=O) groups is 1. The zero-order chi connectivity index (χ0) is 19.1. The van der Waals surface area contributed by atoms with Crippen molar-refractivity contribution in [3.63, 3.8) is 0 Å². The van der Waals surface area contributed by atoms with Crippen LogP contribution in [0.2, 0.25) is 5.15 Å². The number of hydrogen-bond acceptors (Lipinski definition) is 6. The number of carbonyl (C=O) groups excluding carboxylic acids is 1. The number of aromatic nitrogens is 4. The van der Waals surface area contributed by atoms with Crippen LogP contribution in [0.3, 0.4) is 0 Å². The third-order valence-corrected chi connectivity index (χ3v) is 4.74. The van der Waals surface area contributed by atoms with Crippen molar-refractivity contribution in [2.45, 2.75) is 19.3 Å². The van der Waals surface area contributed by atoms with E-state index in [0.717, 1.165) is 16.8 Å². The lowest BCUT2D eigenvalue weighted by Gasteiger charge is -2.24. The summed E-state index contributed by atoms with van der Waals surface area (Å²) < 4.78 is 6.64. The summed E-state index contributed by atoms with van der Waals surface area (Å²) in [7, 11) is 1.49. The van der Waals surface area contributed by atoms with Crippen LogP contribution >= 0.6 is 11.6 Å². The van der Waals surface area contributed by atoms with Crippen LogP contribution in [-0.4, -0.2) is 38.1 Å². The maximum Gasteiger partial charge on any atom is 0.226 e. The smallest absolute Gasteiger partial charge is 0.226 e. The van der Waals surface area contributed by atoms with Gasteiger partial charge < -0.3 is 15.2 Å². The number of benzene rings is 1. The molecule has 0 fully saturated rings. The van der Waals surface area contributed by atoms with Crippen LogP contribution < -0.4 is 10.1 Å². The highest BCUT2D eigenvalue weighted by Gasteiger charge is 2.33. The highest BCUT2D eigenvalue weighted by atomic mass is 35.5. The van der Waals surface area contributed by atoms with Crippen molar-refractivity contribution in [1.82, 2.24) is 20.0 Å². The maximum absolute atomic E-state index is 12.4. The second-order valence-electron chi connectivity index (χ2n) is 6.21. The van der Waals surface area contributed by atoms with E-state index < -0.39 is 0 Å². The number of fused-ring (bicyclic) bond motifs is 1. The van der Waals surface area contributed by atoms with Crippen molar-refractivity contribution in [3.8, 4) is 17.3 Å². The van der Waals surface area contributed by atoms with Gasteiger partial charge in [0, 0.05) is 17.9 Å². The number of nitrogens with one attached hydrogen (secondary N) is 1. The third kappa shape index (κ3) is 2.97. The van der Waals surface area contributed by atoms with Gasteiger partial charge in [-0.1, -0.05) is 17.7 Å². The van der Waals surface area contributed by atoms with E-state index in [9.17, 15) is 9.90 Å². The summed E-state index contributed by atoms with van der Waals surface area (Å²) >= 11 is 5.81. The molecule has 9 heteroatoms. The number of anilines is 1. The second kappa shape index (κ2) is 6.55. The summed E-state index contributed by atoms with van der Waals surface area (Å²) in [6, 6.07) is 8.42. The van der Waals surface area contributed by atoms with Gasteiger partial charge in [-0.15, -0.1) is 10.2 Å². The van der Waals surface area contributed by atoms with Crippen molar-refractivity contribution in [2.24, 2.45) is 0 Å². The molecule has 8 nitrogen and oxygen atoms in total. The molecule has 0 saturated heterocycles. The first-order valence-corrected chi connectivity index (χ1v) is 8.61. The van der Waals surface area contributed by atoms with Gasteiger partial charge in [0.25, 0.3) is 0 Å². The molecule has 138 valence electrons. The van der Waals surface area contributed by atoms with E-state index in [-0.39, 0.29) is 29.1 Å². The van der Waals surface area contributed by atoms with E-state index in [1.54, 1.807) is 28.9 Å². The van der Waals surface area contributed by atoms with Gasteiger partial charge >= 0.3 is 0 Å². The summed E-state index contributed by atoms with van der Waals surface area (Å²) in [5.74, 6) is 0.993. The number of phenolic OH excluding ortho intramolecular Hbond substituents is 1. The Morgan fingerprint density at radius 1 is 1.30 bits per heavy atom. The first-order chi connectivity index (χ1) is 13.0. The number of aromatic hydroxyl groups is 1. The first kappa shape index (κ1) is 17.3. The number of amides is 1. The molecule has 1 aromatic carbocycles. The summed E-state index contributed by atoms with van der Waals surface area (Å²) in [4.78, 5) is 12.4. The van der Waals surface area contributed by atoms with Crippen LogP contribution in [0.4, 0.5) is 5.82 Å². The molecule has 2 N–H and O–H groups in total. The monoisotopic (exact) mass is 385 g/mol. The quantitative estimate of drug-likeness (QED) is 0.718. The summed E-state index contributed by atoms with van der Waals surface area (Å²) in [6.45, 7) is 1.87. The number of hydrogen-bond donors (Lipinski definition) is 2. The summed E-state index contributed by atoms with van der Waals surface area (Å²) in [5.41, 5.74) is 2.42. The molecule has 0 saturated carbocycles. The van der Waals surface area contributed by atoms with E-state index in [1.807, 2.05) is 13.0 Å². The average molecular weight is 386 g/mol. The van der Waals surface area contributed by atoms with Gasteiger partial charge in [-0.3, -0.25) is 4.79 Å². The van der Waals surface area contributed by atoms with Gasteiger partial charge in [0.1, 0.15) is 5.82 Å². The van der Waals surface area contributed by atoms with E-state index >= 15 is 0 Å². The Morgan fingerprint density at radius 2 is 2.11 bits per heavy atom. The molecule has 3 heterocycles. The normalized spacial score (nSPS) is 16.0. The van der Waals surface area contributed by atoms with Crippen LogP contribution in [0.5, 0.6) is 11.5 Å². The summed E-state index contributed by atoms with van der Waals surface area (Å²) in [5, 5.41) is 25.7. The summed E-state index contributed by atoms with van der Waals surface area (Å²) in [6.07, 6.45) is 0.248. The average Bonchev–Trinajstić information content (AvgIpc) is 2.98. The third-order valence-electron chi connectivity index (χ3n) is 4.54. The van der Waals surface area contributed by atoms with E-state index in [2.05, 4.69) is 20.6 Å². The number of nitrogens with zero attached hydrogens (tertiary/aromatic N) is 4. The van der Waals surface area contributed by atoms with Crippen molar-refractivity contribution in [3.05, 3.63) is 52.3 Å². The standard InChI is InChI=1S/C18H16ClN5O3/c1-9-17-11(10-3-4-13(27-2)12(25)7-10)8-16(26)20-18(17)24(23-9)15-6-5-14(19)21-22-15/h3-7,11,25H,8H2,1-2H3,(H,20,26)/t11-/m0/s1. The van der Waals surface area contributed by atoms with Crippen molar-refractivity contribution < 1.29 is 14.6 Å². The van der Waals surface area contributed by atoms with Crippen LogP contribution in [0.25, 0.3) is 5.82 Å². The number of rotatable bonds is 3. The minimum Gasteiger partial charge on any atom is -0.504 e. The van der Waals surface area contributed by atoms with Crippen LogP contribution in [-0.2, 0) is 4.79 Å². The Morgan fingerprint density at radius 3 is 2.78 bits per heavy atom. The SMILES string of the molecule is COc1ccc([C@@H]2CC(=O)Nc3c2c(C)nn3-c2ccc(Cl)nn2)cc1O. The van der Waals surface area contributed by atoms with E-state index in [1.165, 1.54) is 7.11 Å². The fourth-order valence-electron chi connectivity index (χ4n) is 3.34. The molecule has 0 bridgehead atoms. The molecule has 1 atom stereocenters. The minimum absolute atomic E-state index is 0.0242. The molecule has 0 aliphatic carbocycles. The van der Waals surface area contributed by atoms with E-state index in [4.69, 9.17) is 16.3 Å². The lowest BCUT2D eigenvalue weighted by atomic mass is 9.85. The molecule has 1 amide bonds. The van der Waals surface area contributed by atoms with Gasteiger partial charge in [0.05, 0.1) is 12.8 Å². The molecule has 3 aromatic rings. The molecule has 0 unspecified atom stereocenters. The molecular weight excluding hydrogens is 370 g/mol. The first-order valence-electron chi connectivity index (χ1n) is 8.23. The molecule has 1 aliphatic rings. The van der Waals surface area contributed by atoms with Crippen LogP contribution in [0.15, 0.2) is 30.3 Å². The van der Waals surface area contributed by atoms with Crippen molar-refractivity contribution in [2.75, 3.05) is 12.4 Å². The molecule has 2 aromatic heterocycles. The largest absolute Gasteiger partial charge is 0.504 e. The number of methoxy groups -OCH3 is 1. The highest BCUT2D eigenvalue weighted by molar-refractivity contribution is 6.29. The minimum atomic E-state index is -0.250. The number of halogens is 1. The zero-order valence-electron chi connectivity index (χ0n) is 14.6. The topological polar surface area (TPSA) is 102 Å². The van der Waals surface area contributed by atoms with Crippen molar-refractivity contribution in [1.29, 1.82) is 0 Å². The Balaban J connectivity index is 1.84. The highest BCUT2D eigenvalue weighted by Crippen LogP contribution is 2.41. The fraction of sp³-hybridized carbons (Fsp3) is 0.222. The van der Waals surface area contributed by atoms with Gasteiger partial charge in [-0.05, 0) is 36.8 Å². The predicted octanol–water partition coefficient (Wildman–Crippen LogP) is 2.81. The number of aryl methyl sites for hydroxylation is 1. The predicted molar refractivity (Wildman–Crippen MR) is 98.6 cm³/mol. The number of phenols is 1. The van der Waals surface area contributed by atoms with Crippen molar-refractivity contribution >= 4 is 23.3 Å². The molecular formula is C18H16ClN5O3. The Bertz CT molecular complexity index is 1030. The molecule has 27 heavy (non-hydrogen) atoms. The van der Waals surface area contributed by atoms with Gasteiger partial charge in [-0.2, -0.15) is 9.78 Å². The van der Waals surface area contributed by atoms with Crippen LogP contribution in [0.1, 0.15) is 29.2 Å².